The van der Waals surface area contributed by atoms with Gasteiger partial charge < -0.3 is 21.1 Å². The number of hydrogen-bond donors (Lipinski definition) is 5. The molecule has 0 unspecified atom stereocenters. The molecule has 0 atom stereocenters. The first kappa shape index (κ1) is 23.0. The number of carbonyl (C=O) groups excluding carboxylic acids is 1. The number of aliphatic hydroxyl groups excluding tert-OH is 1. The Labute approximate surface area is 175 Å². The van der Waals surface area contributed by atoms with Crippen LogP contribution in [0.4, 0.5) is 18.9 Å². The lowest BCUT2D eigenvalue weighted by Crippen LogP contribution is -2.34. The molecule has 0 aliphatic heterocycles. The second-order valence-corrected chi connectivity index (χ2v) is 6.61. The van der Waals surface area contributed by atoms with Gasteiger partial charge in [0.15, 0.2) is 0 Å². The standard InChI is InChI=1S/C20H18ClF3N4O2/c1-11(25)14(10-29)19(30)28-18(26)17-15(21)3-2-4-16(17)27-9-12-5-7-13(8-6-12)20(22,23)24/h2-8,10,25,27,29H,9H2,1H3,(H2,26,28,30)/b14-10+,25-11?. The first-order valence-corrected chi connectivity index (χ1v) is 8.91. The minimum absolute atomic E-state index is 0.147. The molecule has 0 spiro atoms. The van der Waals surface area contributed by atoms with E-state index in [-0.39, 0.29) is 34.3 Å². The molecule has 0 saturated carbocycles. The van der Waals surface area contributed by atoms with Gasteiger partial charge in [-0.3, -0.25) is 10.2 Å². The smallest absolute Gasteiger partial charge is 0.416 e. The molecule has 0 heterocycles. The van der Waals surface area contributed by atoms with E-state index in [4.69, 9.17) is 27.5 Å². The van der Waals surface area contributed by atoms with Gasteiger partial charge in [-0.05, 0) is 36.8 Å². The normalized spacial score (nSPS) is 11.7. The van der Waals surface area contributed by atoms with E-state index in [1.165, 1.54) is 25.1 Å². The van der Waals surface area contributed by atoms with Crippen LogP contribution < -0.4 is 10.6 Å². The van der Waals surface area contributed by atoms with E-state index >= 15 is 0 Å². The van der Waals surface area contributed by atoms with E-state index in [0.29, 0.717) is 17.5 Å². The van der Waals surface area contributed by atoms with E-state index in [0.717, 1.165) is 12.1 Å². The van der Waals surface area contributed by atoms with Crippen LogP contribution in [0.25, 0.3) is 0 Å². The van der Waals surface area contributed by atoms with Crippen LogP contribution in [0, 0.1) is 10.8 Å². The summed E-state index contributed by atoms with van der Waals surface area (Å²) in [6.07, 6.45) is -3.95. The Bertz CT molecular complexity index is 1000. The quantitative estimate of drug-likeness (QED) is 0.191. The summed E-state index contributed by atoms with van der Waals surface area (Å²) in [5, 5.41) is 30.1. The zero-order valence-electron chi connectivity index (χ0n) is 15.7. The number of alkyl halides is 3. The topological polar surface area (TPSA) is 109 Å². The van der Waals surface area contributed by atoms with Crippen molar-refractivity contribution in [2.45, 2.75) is 19.6 Å². The van der Waals surface area contributed by atoms with Crippen LogP contribution >= 0.6 is 11.6 Å². The van der Waals surface area contributed by atoms with Crippen molar-refractivity contribution in [1.82, 2.24) is 5.32 Å². The second-order valence-electron chi connectivity index (χ2n) is 6.21. The Morgan fingerprint density at radius 2 is 1.80 bits per heavy atom. The highest BCUT2D eigenvalue weighted by molar-refractivity contribution is 6.36. The number of hydrogen-bond acceptors (Lipinski definition) is 5. The van der Waals surface area contributed by atoms with Gasteiger partial charge in [0, 0.05) is 17.9 Å². The van der Waals surface area contributed by atoms with Crippen molar-refractivity contribution in [3.63, 3.8) is 0 Å². The number of benzene rings is 2. The maximum atomic E-state index is 12.7. The summed E-state index contributed by atoms with van der Waals surface area (Å²) >= 11 is 6.17. The molecule has 2 aromatic carbocycles. The molecule has 1 amide bonds. The van der Waals surface area contributed by atoms with Crippen molar-refractivity contribution in [3.8, 4) is 0 Å². The first-order valence-electron chi connectivity index (χ1n) is 8.53. The Morgan fingerprint density at radius 1 is 1.17 bits per heavy atom. The minimum atomic E-state index is -4.42. The molecule has 6 nitrogen and oxygen atoms in total. The summed E-state index contributed by atoms with van der Waals surface area (Å²) in [7, 11) is 0. The molecule has 0 radical (unpaired) electrons. The monoisotopic (exact) mass is 438 g/mol. The molecule has 0 aromatic heterocycles. The predicted octanol–water partition coefficient (Wildman–Crippen LogP) is 4.89. The summed E-state index contributed by atoms with van der Waals surface area (Å²) in [5.41, 5.74) is -0.176. The summed E-state index contributed by atoms with van der Waals surface area (Å²) < 4.78 is 38.0. The molecular weight excluding hydrogens is 421 g/mol. The van der Waals surface area contributed by atoms with Gasteiger partial charge >= 0.3 is 6.18 Å². The molecule has 0 fully saturated rings. The Hall–Kier alpha value is -3.33. The van der Waals surface area contributed by atoms with Gasteiger partial charge in [0.05, 0.1) is 28.0 Å². The van der Waals surface area contributed by atoms with Gasteiger partial charge in [-0.25, -0.2) is 0 Å². The van der Waals surface area contributed by atoms with Gasteiger partial charge in [0.1, 0.15) is 5.84 Å². The molecule has 2 rings (SSSR count). The Balaban J connectivity index is 2.19. The van der Waals surface area contributed by atoms with E-state index in [1.54, 1.807) is 12.1 Å². The van der Waals surface area contributed by atoms with Crippen LogP contribution in [0.15, 0.2) is 54.3 Å². The second kappa shape index (κ2) is 9.45. The van der Waals surface area contributed by atoms with Gasteiger partial charge in [-0.1, -0.05) is 29.8 Å². The Morgan fingerprint density at radius 3 is 2.33 bits per heavy atom. The zero-order chi connectivity index (χ0) is 22.5. The maximum Gasteiger partial charge on any atom is 0.416 e. The molecule has 0 saturated heterocycles. The number of anilines is 1. The predicted molar refractivity (Wildman–Crippen MR) is 109 cm³/mol. The van der Waals surface area contributed by atoms with Crippen molar-refractivity contribution in [2.24, 2.45) is 0 Å². The first-order chi connectivity index (χ1) is 14.0. The SMILES string of the molecule is CC(=N)/C(=C\O)C(=O)NC(=N)c1c(Cl)cccc1NCc1ccc(C(F)(F)F)cc1. The molecule has 30 heavy (non-hydrogen) atoms. The Kier molecular flexibility index (Phi) is 7.23. The molecule has 5 N–H and O–H groups in total. The number of aliphatic hydroxyl groups is 1. The van der Waals surface area contributed by atoms with Gasteiger partial charge in [0.2, 0.25) is 0 Å². The van der Waals surface area contributed by atoms with Crippen LogP contribution in [0.5, 0.6) is 0 Å². The van der Waals surface area contributed by atoms with E-state index in [1.807, 2.05) is 0 Å². The van der Waals surface area contributed by atoms with Crippen LogP contribution in [0.2, 0.25) is 5.02 Å². The van der Waals surface area contributed by atoms with E-state index in [9.17, 15) is 18.0 Å². The number of halogens is 4. The van der Waals surface area contributed by atoms with Crippen molar-refractivity contribution < 1.29 is 23.1 Å². The van der Waals surface area contributed by atoms with Gasteiger partial charge in [-0.2, -0.15) is 13.2 Å². The molecule has 0 bridgehead atoms. The third-order valence-electron chi connectivity index (χ3n) is 4.04. The zero-order valence-corrected chi connectivity index (χ0v) is 16.4. The summed E-state index contributed by atoms with van der Waals surface area (Å²) in [4.78, 5) is 12.1. The molecule has 0 aliphatic carbocycles. The number of carbonyl (C=O) groups is 1. The third kappa shape index (κ3) is 5.60. The fraction of sp³-hybridized carbons (Fsp3) is 0.150. The fourth-order valence-electron chi connectivity index (χ4n) is 2.50. The summed E-state index contributed by atoms with van der Waals surface area (Å²) in [5.74, 6) is -1.23. The average Bonchev–Trinajstić information content (AvgIpc) is 2.66. The van der Waals surface area contributed by atoms with Crippen LogP contribution in [0.1, 0.15) is 23.6 Å². The van der Waals surface area contributed by atoms with E-state index in [2.05, 4.69) is 10.6 Å². The molecule has 2 aromatic rings. The highest BCUT2D eigenvalue weighted by Gasteiger charge is 2.29. The number of amidine groups is 1. The molecule has 10 heteroatoms. The minimum Gasteiger partial charge on any atom is -0.515 e. The van der Waals surface area contributed by atoms with Crippen molar-refractivity contribution >= 4 is 34.7 Å². The number of amides is 1. The van der Waals surface area contributed by atoms with Gasteiger partial charge in [0.25, 0.3) is 5.91 Å². The number of rotatable bonds is 6. The lowest BCUT2D eigenvalue weighted by atomic mass is 10.1. The van der Waals surface area contributed by atoms with Crippen LogP contribution in [0.3, 0.4) is 0 Å². The largest absolute Gasteiger partial charge is 0.515 e. The average molecular weight is 439 g/mol. The van der Waals surface area contributed by atoms with Crippen LogP contribution in [-0.2, 0) is 17.5 Å². The fourth-order valence-corrected chi connectivity index (χ4v) is 2.77. The number of nitrogens with one attached hydrogen (secondary N) is 4. The van der Waals surface area contributed by atoms with Crippen molar-refractivity contribution in [2.75, 3.05) is 5.32 Å². The highest BCUT2D eigenvalue weighted by Crippen LogP contribution is 2.29. The summed E-state index contributed by atoms with van der Waals surface area (Å²) in [6, 6.07) is 9.32. The molecule has 158 valence electrons. The van der Waals surface area contributed by atoms with Crippen molar-refractivity contribution in [3.05, 3.63) is 76.0 Å². The van der Waals surface area contributed by atoms with Crippen LogP contribution in [-0.4, -0.2) is 22.6 Å². The lowest BCUT2D eigenvalue weighted by Gasteiger charge is -2.16. The third-order valence-corrected chi connectivity index (χ3v) is 4.36. The highest BCUT2D eigenvalue weighted by atomic mass is 35.5. The van der Waals surface area contributed by atoms with Gasteiger partial charge in [-0.15, -0.1) is 0 Å². The molecule has 0 aliphatic rings. The molecular formula is C20H18ClF3N4O2. The maximum absolute atomic E-state index is 12.7. The van der Waals surface area contributed by atoms with E-state index < -0.39 is 17.6 Å². The lowest BCUT2D eigenvalue weighted by molar-refractivity contribution is -0.137. The van der Waals surface area contributed by atoms with Crippen molar-refractivity contribution in [1.29, 1.82) is 10.8 Å². The summed E-state index contributed by atoms with van der Waals surface area (Å²) in [6.45, 7) is 1.45.